The van der Waals surface area contributed by atoms with Gasteiger partial charge in [0.05, 0.1) is 0 Å². The zero-order chi connectivity index (χ0) is 10.7. The number of aromatic amines is 1. The van der Waals surface area contributed by atoms with Crippen LogP contribution in [0.2, 0.25) is 0 Å². The Hall–Kier alpha value is -1.27. The number of nitrogens with one attached hydrogen (secondary N) is 2. The minimum atomic E-state index is -0.0849. The van der Waals surface area contributed by atoms with Crippen LogP contribution in [0.15, 0.2) is 12.4 Å². The number of hydrogen-bond acceptors (Lipinski definition) is 4. The Kier molecular flexibility index (Phi) is 3.08. The number of carbonyl (C=O) groups is 1. The van der Waals surface area contributed by atoms with Crippen molar-refractivity contribution >= 4 is 18.1 Å². The van der Waals surface area contributed by atoms with Crippen LogP contribution in [0.4, 0.5) is 0 Å². The first-order valence-electron chi connectivity index (χ1n) is 4.83. The highest BCUT2D eigenvalue weighted by atomic mass is 32.1. The average Bonchev–Trinajstić information content (AvgIpc) is 2.30. The molecule has 0 saturated carbocycles. The standard InChI is InChI=1S/C9H12N4OS/c14-9(13-5-3-10-4-6-13)7-8(15)12-2-1-11-7/h1-2,10H,3-6H2,(H,12,15). The number of amides is 1. The van der Waals surface area contributed by atoms with Crippen molar-refractivity contribution in [1.29, 1.82) is 0 Å². The van der Waals surface area contributed by atoms with Crippen LogP contribution in [-0.2, 0) is 0 Å². The van der Waals surface area contributed by atoms with Gasteiger partial charge in [0, 0.05) is 38.6 Å². The number of aromatic nitrogens is 2. The summed E-state index contributed by atoms with van der Waals surface area (Å²) in [5.41, 5.74) is 0.342. The lowest BCUT2D eigenvalue weighted by atomic mass is 10.3. The maximum atomic E-state index is 12.0. The Labute approximate surface area is 92.5 Å². The SMILES string of the molecule is O=C(c1ncc[nH]c1=S)N1CCNCC1. The molecule has 0 spiro atoms. The van der Waals surface area contributed by atoms with Crippen LogP contribution in [0.5, 0.6) is 0 Å². The zero-order valence-corrected chi connectivity index (χ0v) is 9.01. The van der Waals surface area contributed by atoms with E-state index >= 15 is 0 Å². The molecule has 1 aliphatic rings. The molecular weight excluding hydrogens is 212 g/mol. The van der Waals surface area contributed by atoms with Crippen molar-refractivity contribution in [3.8, 4) is 0 Å². The summed E-state index contributed by atoms with van der Waals surface area (Å²) in [4.78, 5) is 20.6. The fourth-order valence-electron chi connectivity index (χ4n) is 1.52. The van der Waals surface area contributed by atoms with Gasteiger partial charge in [0.2, 0.25) is 0 Å². The van der Waals surface area contributed by atoms with Crippen molar-refractivity contribution in [2.75, 3.05) is 26.2 Å². The van der Waals surface area contributed by atoms with Gasteiger partial charge in [-0.3, -0.25) is 4.79 Å². The second-order valence-electron chi connectivity index (χ2n) is 3.31. The van der Waals surface area contributed by atoms with Gasteiger partial charge >= 0.3 is 0 Å². The second kappa shape index (κ2) is 4.50. The maximum Gasteiger partial charge on any atom is 0.275 e. The Bertz CT molecular complexity index is 411. The number of carbonyl (C=O) groups excluding carboxylic acids is 1. The van der Waals surface area contributed by atoms with E-state index in [2.05, 4.69) is 15.3 Å². The minimum Gasteiger partial charge on any atom is -0.349 e. The highest BCUT2D eigenvalue weighted by molar-refractivity contribution is 7.71. The van der Waals surface area contributed by atoms with Crippen molar-refractivity contribution in [2.24, 2.45) is 0 Å². The normalized spacial score (nSPS) is 16.4. The molecular formula is C9H12N4OS. The van der Waals surface area contributed by atoms with Crippen molar-refractivity contribution in [2.45, 2.75) is 0 Å². The van der Waals surface area contributed by atoms with Gasteiger partial charge in [-0.25, -0.2) is 4.98 Å². The number of H-pyrrole nitrogens is 1. The molecule has 5 nitrogen and oxygen atoms in total. The summed E-state index contributed by atoms with van der Waals surface area (Å²) in [5.74, 6) is -0.0849. The van der Waals surface area contributed by atoms with Gasteiger partial charge in [-0.2, -0.15) is 0 Å². The van der Waals surface area contributed by atoms with E-state index in [1.807, 2.05) is 0 Å². The predicted molar refractivity (Wildman–Crippen MR) is 58.2 cm³/mol. The Balaban J connectivity index is 2.20. The van der Waals surface area contributed by atoms with Gasteiger partial charge < -0.3 is 15.2 Å². The summed E-state index contributed by atoms with van der Waals surface area (Å²) in [7, 11) is 0. The molecule has 2 N–H and O–H groups in total. The molecule has 80 valence electrons. The molecule has 6 heteroatoms. The van der Waals surface area contributed by atoms with Crippen LogP contribution in [0.1, 0.15) is 10.5 Å². The topological polar surface area (TPSA) is 61.0 Å². The van der Waals surface area contributed by atoms with Crippen LogP contribution in [0, 0.1) is 4.64 Å². The van der Waals surface area contributed by atoms with E-state index in [4.69, 9.17) is 12.2 Å². The first-order valence-corrected chi connectivity index (χ1v) is 5.23. The van der Waals surface area contributed by atoms with Gasteiger partial charge in [-0.05, 0) is 0 Å². The summed E-state index contributed by atoms with van der Waals surface area (Å²) >= 11 is 5.02. The van der Waals surface area contributed by atoms with E-state index in [1.165, 1.54) is 0 Å². The van der Waals surface area contributed by atoms with Crippen molar-refractivity contribution in [1.82, 2.24) is 20.2 Å². The summed E-state index contributed by atoms with van der Waals surface area (Å²) < 4.78 is 0.404. The first-order chi connectivity index (χ1) is 7.29. The fourth-order valence-corrected chi connectivity index (χ4v) is 1.73. The van der Waals surface area contributed by atoms with Crippen LogP contribution in [0.25, 0.3) is 0 Å². The van der Waals surface area contributed by atoms with Crippen molar-refractivity contribution in [3.05, 3.63) is 22.7 Å². The summed E-state index contributed by atoms with van der Waals surface area (Å²) in [6.07, 6.45) is 3.17. The maximum absolute atomic E-state index is 12.0. The monoisotopic (exact) mass is 224 g/mol. The minimum absolute atomic E-state index is 0.0849. The molecule has 2 heterocycles. The smallest absolute Gasteiger partial charge is 0.275 e. The predicted octanol–water partition coefficient (Wildman–Crippen LogP) is 0.185. The molecule has 0 unspecified atom stereocenters. The summed E-state index contributed by atoms with van der Waals surface area (Å²) in [5, 5.41) is 3.19. The lowest BCUT2D eigenvalue weighted by Crippen LogP contribution is -2.46. The molecule has 15 heavy (non-hydrogen) atoms. The fraction of sp³-hybridized carbons (Fsp3) is 0.444. The molecule has 0 bridgehead atoms. The Morgan fingerprint density at radius 1 is 1.47 bits per heavy atom. The van der Waals surface area contributed by atoms with E-state index in [0.717, 1.165) is 13.1 Å². The summed E-state index contributed by atoms with van der Waals surface area (Å²) in [6, 6.07) is 0. The van der Waals surface area contributed by atoms with E-state index in [-0.39, 0.29) is 5.91 Å². The largest absolute Gasteiger partial charge is 0.349 e. The Morgan fingerprint density at radius 3 is 2.87 bits per heavy atom. The molecule has 1 aromatic heterocycles. The molecule has 0 aliphatic carbocycles. The Morgan fingerprint density at radius 2 is 2.20 bits per heavy atom. The lowest BCUT2D eigenvalue weighted by molar-refractivity contribution is 0.0728. The third kappa shape index (κ3) is 2.21. The number of hydrogen-bond donors (Lipinski definition) is 2. The first kappa shape index (κ1) is 10.3. The van der Waals surface area contributed by atoms with E-state index in [0.29, 0.717) is 23.4 Å². The number of nitrogens with zero attached hydrogens (tertiary/aromatic N) is 2. The van der Waals surface area contributed by atoms with E-state index in [1.54, 1.807) is 17.3 Å². The molecule has 0 atom stereocenters. The molecule has 2 rings (SSSR count). The second-order valence-corrected chi connectivity index (χ2v) is 3.72. The molecule has 1 fully saturated rings. The number of rotatable bonds is 1. The van der Waals surface area contributed by atoms with E-state index in [9.17, 15) is 4.79 Å². The van der Waals surface area contributed by atoms with Crippen LogP contribution in [0.3, 0.4) is 0 Å². The van der Waals surface area contributed by atoms with Gasteiger partial charge in [-0.15, -0.1) is 0 Å². The van der Waals surface area contributed by atoms with E-state index < -0.39 is 0 Å². The number of piperazine rings is 1. The van der Waals surface area contributed by atoms with Crippen LogP contribution in [-0.4, -0.2) is 47.0 Å². The quantitative estimate of drug-likeness (QED) is 0.668. The van der Waals surface area contributed by atoms with Crippen molar-refractivity contribution < 1.29 is 4.79 Å². The molecule has 1 aromatic rings. The molecule has 0 aromatic carbocycles. The van der Waals surface area contributed by atoms with Gasteiger partial charge in [-0.1, -0.05) is 12.2 Å². The van der Waals surface area contributed by atoms with Gasteiger partial charge in [0.25, 0.3) is 5.91 Å². The zero-order valence-electron chi connectivity index (χ0n) is 8.19. The average molecular weight is 224 g/mol. The highest BCUT2D eigenvalue weighted by Gasteiger charge is 2.19. The van der Waals surface area contributed by atoms with Crippen LogP contribution < -0.4 is 5.32 Å². The molecule has 1 saturated heterocycles. The molecule has 0 radical (unpaired) electrons. The van der Waals surface area contributed by atoms with Gasteiger partial charge in [0.15, 0.2) is 5.69 Å². The third-order valence-electron chi connectivity index (χ3n) is 2.31. The highest BCUT2D eigenvalue weighted by Crippen LogP contribution is 2.03. The summed E-state index contributed by atoms with van der Waals surface area (Å²) in [6.45, 7) is 3.08. The van der Waals surface area contributed by atoms with Crippen LogP contribution >= 0.6 is 12.2 Å². The third-order valence-corrected chi connectivity index (χ3v) is 2.63. The van der Waals surface area contributed by atoms with Crippen molar-refractivity contribution in [3.63, 3.8) is 0 Å². The van der Waals surface area contributed by atoms with Gasteiger partial charge in [0.1, 0.15) is 4.64 Å². The molecule has 1 amide bonds. The molecule has 1 aliphatic heterocycles. The lowest BCUT2D eigenvalue weighted by Gasteiger charge is -2.26.